The van der Waals surface area contributed by atoms with Gasteiger partial charge in [-0.25, -0.2) is 0 Å². The van der Waals surface area contributed by atoms with Gasteiger partial charge >= 0.3 is 0 Å². The molecule has 1 amide bonds. The van der Waals surface area contributed by atoms with Crippen LogP contribution in [0.3, 0.4) is 0 Å². The molecule has 104 valence electrons. The van der Waals surface area contributed by atoms with E-state index in [-0.39, 0.29) is 5.41 Å². The third-order valence-electron chi connectivity index (χ3n) is 5.17. The molecule has 3 heteroatoms. The summed E-state index contributed by atoms with van der Waals surface area (Å²) in [7, 11) is 0. The van der Waals surface area contributed by atoms with Crippen LogP contribution in [0.5, 0.6) is 0 Å². The summed E-state index contributed by atoms with van der Waals surface area (Å²) in [6.07, 6.45) is 3.48. The number of rotatable bonds is 3. The fraction of sp³-hybridized carbons (Fsp3) is 0.933. The van der Waals surface area contributed by atoms with E-state index in [4.69, 9.17) is 0 Å². The van der Waals surface area contributed by atoms with Crippen LogP contribution in [0.2, 0.25) is 0 Å². The van der Waals surface area contributed by atoms with Crippen LogP contribution in [0.1, 0.15) is 47.0 Å². The van der Waals surface area contributed by atoms with Crippen LogP contribution < -0.4 is 10.6 Å². The lowest BCUT2D eigenvalue weighted by Crippen LogP contribution is -2.37. The molecule has 1 spiro atoms. The topological polar surface area (TPSA) is 41.1 Å². The first-order valence-corrected chi connectivity index (χ1v) is 7.34. The number of carbonyl (C=O) groups excluding carboxylic acids is 1. The molecular weight excluding hydrogens is 224 g/mol. The Balaban J connectivity index is 1.77. The van der Waals surface area contributed by atoms with Gasteiger partial charge in [0.25, 0.3) is 0 Å². The minimum Gasteiger partial charge on any atom is -0.356 e. The van der Waals surface area contributed by atoms with Crippen molar-refractivity contribution in [1.82, 2.24) is 10.6 Å². The normalized spacial score (nSPS) is 27.9. The summed E-state index contributed by atoms with van der Waals surface area (Å²) >= 11 is 0. The second-order valence-corrected chi connectivity index (χ2v) is 7.38. The molecule has 1 saturated heterocycles. The molecular formula is C15H28N2O. The van der Waals surface area contributed by atoms with E-state index in [1.54, 1.807) is 0 Å². The maximum Gasteiger partial charge on any atom is 0.223 e. The Bertz CT molecular complexity index is 313. The first-order chi connectivity index (χ1) is 8.35. The van der Waals surface area contributed by atoms with Crippen molar-refractivity contribution < 1.29 is 4.79 Å². The summed E-state index contributed by atoms with van der Waals surface area (Å²) in [6.45, 7) is 11.9. The maximum atomic E-state index is 12.2. The number of hydrogen-bond acceptors (Lipinski definition) is 2. The molecule has 2 unspecified atom stereocenters. The minimum absolute atomic E-state index is 0.267. The Labute approximate surface area is 111 Å². The second-order valence-electron chi connectivity index (χ2n) is 7.38. The van der Waals surface area contributed by atoms with Crippen molar-refractivity contribution in [2.75, 3.05) is 19.6 Å². The second kappa shape index (κ2) is 4.84. The van der Waals surface area contributed by atoms with Gasteiger partial charge in [0, 0.05) is 12.5 Å². The van der Waals surface area contributed by atoms with Crippen molar-refractivity contribution in [3.63, 3.8) is 0 Å². The maximum absolute atomic E-state index is 12.2. The average Bonchev–Trinajstić information content (AvgIpc) is 2.99. The molecule has 0 radical (unpaired) electrons. The zero-order chi connectivity index (χ0) is 13.4. The molecule has 3 nitrogen and oxygen atoms in total. The van der Waals surface area contributed by atoms with E-state index in [2.05, 4.69) is 38.3 Å². The average molecular weight is 252 g/mol. The van der Waals surface area contributed by atoms with Crippen LogP contribution in [-0.4, -0.2) is 25.5 Å². The van der Waals surface area contributed by atoms with Crippen LogP contribution in [-0.2, 0) is 4.79 Å². The molecule has 2 N–H and O–H groups in total. The summed E-state index contributed by atoms with van der Waals surface area (Å²) < 4.78 is 0. The van der Waals surface area contributed by atoms with Crippen LogP contribution in [0.15, 0.2) is 0 Å². The van der Waals surface area contributed by atoms with Crippen molar-refractivity contribution in [1.29, 1.82) is 0 Å². The van der Waals surface area contributed by atoms with E-state index in [0.29, 0.717) is 23.2 Å². The molecule has 2 aliphatic rings. The lowest BCUT2D eigenvalue weighted by Gasteiger charge is -2.28. The summed E-state index contributed by atoms with van der Waals surface area (Å²) in [5, 5.41) is 6.54. The smallest absolute Gasteiger partial charge is 0.223 e. The van der Waals surface area contributed by atoms with Gasteiger partial charge in [0.05, 0.1) is 0 Å². The summed E-state index contributed by atoms with van der Waals surface area (Å²) in [5.41, 5.74) is 0.629. The van der Waals surface area contributed by atoms with Crippen LogP contribution in [0.25, 0.3) is 0 Å². The Morgan fingerprint density at radius 1 is 1.39 bits per heavy atom. The molecule has 2 atom stereocenters. The molecule has 1 aliphatic heterocycles. The van der Waals surface area contributed by atoms with Gasteiger partial charge in [0.2, 0.25) is 5.91 Å². The lowest BCUT2D eigenvalue weighted by molar-refractivity contribution is -0.123. The van der Waals surface area contributed by atoms with Gasteiger partial charge in [-0.3, -0.25) is 4.79 Å². The first kappa shape index (κ1) is 13.9. The predicted molar refractivity (Wildman–Crippen MR) is 74.3 cm³/mol. The molecule has 1 saturated carbocycles. The van der Waals surface area contributed by atoms with E-state index in [9.17, 15) is 4.79 Å². The molecule has 2 rings (SSSR count). The largest absolute Gasteiger partial charge is 0.356 e. The monoisotopic (exact) mass is 252 g/mol. The zero-order valence-electron chi connectivity index (χ0n) is 12.3. The zero-order valence-corrected chi connectivity index (χ0v) is 12.3. The fourth-order valence-corrected chi connectivity index (χ4v) is 2.88. The summed E-state index contributed by atoms with van der Waals surface area (Å²) in [6, 6.07) is 0. The highest BCUT2D eigenvalue weighted by molar-refractivity contribution is 5.82. The van der Waals surface area contributed by atoms with E-state index < -0.39 is 0 Å². The fourth-order valence-electron chi connectivity index (χ4n) is 2.88. The third kappa shape index (κ3) is 2.87. The predicted octanol–water partition coefficient (Wildman–Crippen LogP) is 2.17. The standard InChI is InChI=1S/C15H28N2O/c1-11(14(2,3)4)10-17-13(18)12-9-15(12)5-7-16-8-6-15/h11-12,16H,5-10H2,1-4H3,(H,17,18). The van der Waals surface area contributed by atoms with Crippen molar-refractivity contribution in [2.45, 2.75) is 47.0 Å². The van der Waals surface area contributed by atoms with Gasteiger partial charge in [-0.15, -0.1) is 0 Å². The van der Waals surface area contributed by atoms with Gasteiger partial charge in [0.15, 0.2) is 0 Å². The number of piperidine rings is 1. The summed E-state index contributed by atoms with van der Waals surface area (Å²) in [4.78, 5) is 12.2. The van der Waals surface area contributed by atoms with Crippen LogP contribution in [0, 0.1) is 22.7 Å². The highest BCUT2D eigenvalue weighted by atomic mass is 16.2. The van der Waals surface area contributed by atoms with Crippen molar-refractivity contribution in [3.8, 4) is 0 Å². The quantitative estimate of drug-likeness (QED) is 0.808. The van der Waals surface area contributed by atoms with Crippen molar-refractivity contribution in [2.24, 2.45) is 22.7 Å². The van der Waals surface area contributed by atoms with Gasteiger partial charge in [-0.2, -0.15) is 0 Å². The van der Waals surface area contributed by atoms with Crippen molar-refractivity contribution in [3.05, 3.63) is 0 Å². The van der Waals surface area contributed by atoms with E-state index in [1.165, 1.54) is 12.8 Å². The SMILES string of the molecule is CC(CNC(=O)C1CC12CCNCC2)C(C)(C)C. The van der Waals surface area contributed by atoms with Crippen LogP contribution >= 0.6 is 0 Å². The van der Waals surface area contributed by atoms with Crippen molar-refractivity contribution >= 4 is 5.91 Å². The highest BCUT2D eigenvalue weighted by Crippen LogP contribution is 2.58. The molecule has 2 fully saturated rings. The number of hydrogen-bond donors (Lipinski definition) is 2. The first-order valence-electron chi connectivity index (χ1n) is 7.34. The molecule has 18 heavy (non-hydrogen) atoms. The van der Waals surface area contributed by atoms with Gasteiger partial charge in [0.1, 0.15) is 0 Å². The lowest BCUT2D eigenvalue weighted by atomic mass is 9.82. The van der Waals surface area contributed by atoms with E-state index in [1.807, 2.05) is 0 Å². The molecule has 0 aromatic heterocycles. The molecule has 0 bridgehead atoms. The Kier molecular flexibility index (Phi) is 3.72. The number of nitrogens with one attached hydrogen (secondary N) is 2. The van der Waals surface area contributed by atoms with E-state index in [0.717, 1.165) is 26.1 Å². The van der Waals surface area contributed by atoms with E-state index >= 15 is 0 Å². The minimum atomic E-state index is 0.267. The molecule has 0 aromatic rings. The number of amides is 1. The Hall–Kier alpha value is -0.570. The van der Waals surface area contributed by atoms with Gasteiger partial charge in [-0.05, 0) is 49.1 Å². The summed E-state index contributed by atoms with van der Waals surface area (Å²) in [5.74, 6) is 1.11. The molecule has 1 aliphatic carbocycles. The van der Waals surface area contributed by atoms with Crippen LogP contribution in [0.4, 0.5) is 0 Å². The highest BCUT2D eigenvalue weighted by Gasteiger charge is 2.57. The molecule has 1 heterocycles. The van der Waals surface area contributed by atoms with Gasteiger partial charge < -0.3 is 10.6 Å². The Morgan fingerprint density at radius 3 is 2.56 bits per heavy atom. The third-order valence-corrected chi connectivity index (χ3v) is 5.17. The van der Waals surface area contributed by atoms with Gasteiger partial charge in [-0.1, -0.05) is 27.7 Å². The number of carbonyl (C=O) groups is 1. The molecule has 0 aromatic carbocycles. The Morgan fingerprint density at radius 2 is 2.00 bits per heavy atom.